The third kappa shape index (κ3) is 4.86. The molecule has 2 aromatic rings. The van der Waals surface area contributed by atoms with Crippen molar-refractivity contribution in [2.45, 2.75) is 58.7 Å². The van der Waals surface area contributed by atoms with Gasteiger partial charge in [-0.3, -0.25) is 4.79 Å². The van der Waals surface area contributed by atoms with Gasteiger partial charge in [0.25, 0.3) is 0 Å². The van der Waals surface area contributed by atoms with Crippen LogP contribution in [0.5, 0.6) is 11.5 Å². The van der Waals surface area contributed by atoms with Crippen molar-refractivity contribution >= 4 is 28.3 Å². The van der Waals surface area contributed by atoms with Crippen LogP contribution < -0.4 is 10.1 Å². The highest BCUT2D eigenvalue weighted by Crippen LogP contribution is 2.42. The van der Waals surface area contributed by atoms with Crippen LogP contribution in [0.25, 0.3) is 0 Å². The predicted octanol–water partition coefficient (Wildman–Crippen LogP) is 3.99. The van der Waals surface area contributed by atoms with Crippen LogP contribution in [0.3, 0.4) is 0 Å². The number of nitrogens with one attached hydrogen (secondary N) is 1. The smallest absolute Gasteiger partial charge is 0.342 e. The molecule has 1 saturated heterocycles. The Morgan fingerprint density at radius 2 is 2.18 bits per heavy atom. The van der Waals surface area contributed by atoms with Crippen LogP contribution in [0.2, 0.25) is 0 Å². The second kappa shape index (κ2) is 9.88. The van der Waals surface area contributed by atoms with E-state index in [0.717, 1.165) is 35.6 Å². The maximum Gasteiger partial charge on any atom is 0.342 e. The number of amides is 1. The van der Waals surface area contributed by atoms with Crippen molar-refractivity contribution in [3.05, 3.63) is 38.9 Å². The van der Waals surface area contributed by atoms with E-state index in [1.165, 1.54) is 18.4 Å². The molecule has 176 valence electrons. The fraction of sp³-hybridized carbons (Fsp3) is 0.478. The van der Waals surface area contributed by atoms with Gasteiger partial charge in [-0.25, -0.2) is 4.79 Å². The molecular formula is C23H27N3O6S. The number of rotatable bonds is 8. The third-order valence-electron chi connectivity index (χ3n) is 5.94. The fourth-order valence-electron chi connectivity index (χ4n) is 4.09. The summed E-state index contributed by atoms with van der Waals surface area (Å²) in [4.78, 5) is 24.4. The molecular weight excluding hydrogens is 446 g/mol. The Hall–Kier alpha value is -2.98. The quantitative estimate of drug-likeness (QED) is 0.436. The Labute approximate surface area is 195 Å². The minimum absolute atomic E-state index is 0.0172. The van der Waals surface area contributed by atoms with Crippen LogP contribution in [0, 0.1) is 6.92 Å². The lowest BCUT2D eigenvalue weighted by atomic mass is 9.94. The first-order valence-electron chi connectivity index (χ1n) is 10.9. The van der Waals surface area contributed by atoms with Crippen molar-refractivity contribution in [2.24, 2.45) is 0 Å². The van der Waals surface area contributed by atoms with Crippen LogP contribution >= 0.6 is 11.3 Å². The summed E-state index contributed by atoms with van der Waals surface area (Å²) < 4.78 is 16.2. The van der Waals surface area contributed by atoms with E-state index in [4.69, 9.17) is 14.2 Å². The van der Waals surface area contributed by atoms with E-state index in [0.29, 0.717) is 34.8 Å². The highest BCUT2D eigenvalue weighted by Gasteiger charge is 2.31. The fourth-order valence-corrected chi connectivity index (χ4v) is 4.93. The molecule has 9 nitrogen and oxygen atoms in total. The van der Waals surface area contributed by atoms with E-state index in [1.807, 2.05) is 19.9 Å². The molecule has 2 aliphatic rings. The van der Waals surface area contributed by atoms with Gasteiger partial charge in [0.1, 0.15) is 34.8 Å². The number of aromatic nitrogens is 2. The van der Waals surface area contributed by atoms with Gasteiger partial charge in [-0.15, -0.1) is 10.2 Å². The number of hydrogen-bond donors (Lipinski definition) is 2. The third-order valence-corrected chi connectivity index (χ3v) is 6.87. The van der Waals surface area contributed by atoms with E-state index in [2.05, 4.69) is 15.5 Å². The van der Waals surface area contributed by atoms with Crippen LogP contribution in [0.15, 0.2) is 11.6 Å². The van der Waals surface area contributed by atoms with Gasteiger partial charge in [-0.1, -0.05) is 23.0 Å². The summed E-state index contributed by atoms with van der Waals surface area (Å²) >= 11 is 1.34. The number of phenolic OH excluding ortho intramolecular Hbond substituents is 1. The highest BCUT2D eigenvalue weighted by atomic mass is 32.1. The second-order valence-corrected chi connectivity index (χ2v) is 9.17. The number of fused-ring (bicyclic) bond motifs is 1. The summed E-state index contributed by atoms with van der Waals surface area (Å²) in [6.45, 7) is 4.64. The zero-order valence-electron chi connectivity index (χ0n) is 18.9. The number of allylic oxidation sites excluding steroid dienone is 2. The average Bonchev–Trinajstić information content (AvgIpc) is 3.55. The number of carbonyl (C=O) groups excluding carboxylic acids is 2. The summed E-state index contributed by atoms with van der Waals surface area (Å²) in [5, 5.41) is 22.9. The second-order valence-electron chi connectivity index (χ2n) is 8.16. The lowest BCUT2D eigenvalue weighted by Crippen LogP contribution is -2.11. The van der Waals surface area contributed by atoms with Crippen LogP contribution in [-0.2, 0) is 27.3 Å². The number of phenols is 1. The SMILES string of the molecule is COc1c(C)c2c(c(O)c1CC=C(C)CCC(=O)Nc1nnc([C@@H]3CCCO3)s1)C(=O)OC2. The largest absolute Gasteiger partial charge is 0.507 e. The number of carbonyl (C=O) groups is 2. The Morgan fingerprint density at radius 3 is 2.91 bits per heavy atom. The summed E-state index contributed by atoms with van der Waals surface area (Å²) in [5.74, 6) is -0.222. The monoisotopic (exact) mass is 473 g/mol. The maximum absolute atomic E-state index is 12.3. The molecule has 1 atom stereocenters. The van der Waals surface area contributed by atoms with Gasteiger partial charge >= 0.3 is 5.97 Å². The Morgan fingerprint density at radius 1 is 1.36 bits per heavy atom. The molecule has 0 saturated carbocycles. The van der Waals surface area contributed by atoms with Crippen molar-refractivity contribution < 1.29 is 28.9 Å². The lowest BCUT2D eigenvalue weighted by Gasteiger charge is -2.15. The number of esters is 1. The van der Waals surface area contributed by atoms with Gasteiger partial charge < -0.3 is 24.6 Å². The molecule has 10 heteroatoms. The van der Waals surface area contributed by atoms with E-state index >= 15 is 0 Å². The first-order chi connectivity index (χ1) is 15.9. The minimum Gasteiger partial charge on any atom is -0.507 e. The zero-order chi connectivity index (χ0) is 23.5. The van der Waals surface area contributed by atoms with Gasteiger partial charge in [0, 0.05) is 24.2 Å². The molecule has 0 spiro atoms. The number of methoxy groups -OCH3 is 1. The van der Waals surface area contributed by atoms with Gasteiger partial charge in [0.15, 0.2) is 0 Å². The van der Waals surface area contributed by atoms with E-state index < -0.39 is 5.97 Å². The van der Waals surface area contributed by atoms with Gasteiger partial charge in [-0.2, -0.15) is 0 Å². The van der Waals surface area contributed by atoms with E-state index in [-0.39, 0.29) is 36.4 Å². The zero-order valence-corrected chi connectivity index (χ0v) is 19.7. The predicted molar refractivity (Wildman–Crippen MR) is 122 cm³/mol. The van der Waals surface area contributed by atoms with Crippen molar-refractivity contribution in [2.75, 3.05) is 19.0 Å². The van der Waals surface area contributed by atoms with Crippen molar-refractivity contribution in [1.82, 2.24) is 10.2 Å². The number of cyclic esters (lactones) is 1. The molecule has 2 N–H and O–H groups in total. The van der Waals surface area contributed by atoms with E-state index in [9.17, 15) is 14.7 Å². The molecule has 4 rings (SSSR count). The summed E-state index contributed by atoms with van der Waals surface area (Å²) in [6, 6.07) is 0. The summed E-state index contributed by atoms with van der Waals surface area (Å²) in [7, 11) is 1.54. The lowest BCUT2D eigenvalue weighted by molar-refractivity contribution is -0.116. The number of hydrogen-bond acceptors (Lipinski definition) is 9. The van der Waals surface area contributed by atoms with Crippen molar-refractivity contribution in [3.8, 4) is 11.5 Å². The van der Waals surface area contributed by atoms with Gasteiger partial charge in [0.2, 0.25) is 11.0 Å². The summed E-state index contributed by atoms with van der Waals surface area (Å²) in [6.07, 6.45) is 5.04. The number of nitrogens with zero attached hydrogens (tertiary/aromatic N) is 2. The molecule has 1 fully saturated rings. The minimum atomic E-state index is -0.522. The van der Waals surface area contributed by atoms with Crippen molar-refractivity contribution in [3.63, 3.8) is 0 Å². The number of ether oxygens (including phenoxy) is 3. The Kier molecular flexibility index (Phi) is 6.94. The molecule has 1 aromatic carbocycles. The number of aromatic hydroxyl groups is 1. The van der Waals surface area contributed by atoms with Gasteiger partial charge in [0.05, 0.1) is 7.11 Å². The highest BCUT2D eigenvalue weighted by molar-refractivity contribution is 7.15. The first kappa shape index (κ1) is 23.2. The Balaban J connectivity index is 1.36. The van der Waals surface area contributed by atoms with E-state index in [1.54, 1.807) is 0 Å². The number of benzene rings is 1. The normalized spacial score (nSPS) is 17.7. The molecule has 33 heavy (non-hydrogen) atoms. The molecule has 0 bridgehead atoms. The molecule has 0 aliphatic carbocycles. The van der Waals surface area contributed by atoms with Crippen LogP contribution in [0.1, 0.15) is 70.8 Å². The van der Waals surface area contributed by atoms with Crippen molar-refractivity contribution in [1.29, 1.82) is 0 Å². The van der Waals surface area contributed by atoms with Gasteiger partial charge in [-0.05, 0) is 45.1 Å². The number of anilines is 1. The van der Waals surface area contributed by atoms with Crippen LogP contribution in [-0.4, -0.2) is 40.9 Å². The topological polar surface area (TPSA) is 120 Å². The molecule has 1 amide bonds. The average molecular weight is 474 g/mol. The standard InChI is InChI=1S/C23H27N3O6S/c1-12(7-9-17(27)24-23-26-25-21(33-23)16-5-4-10-31-16)6-8-14-19(28)18-15(11-32-22(18)29)13(2)20(14)30-3/h6,16,28H,4-5,7-11H2,1-3H3,(H,24,26,27)/t16-/m0/s1. The molecule has 3 heterocycles. The maximum atomic E-state index is 12.3. The molecule has 0 radical (unpaired) electrons. The molecule has 0 unspecified atom stereocenters. The molecule has 2 aliphatic heterocycles. The molecule has 1 aromatic heterocycles. The first-order valence-corrected chi connectivity index (χ1v) is 11.7. The summed E-state index contributed by atoms with van der Waals surface area (Å²) in [5.41, 5.74) is 3.18. The Bertz CT molecular complexity index is 1100. The van der Waals surface area contributed by atoms with Crippen LogP contribution in [0.4, 0.5) is 5.13 Å².